The number of likely N-dealkylation sites (tertiary alicyclic amines) is 1. The predicted octanol–water partition coefficient (Wildman–Crippen LogP) is 1.56. The van der Waals surface area contributed by atoms with E-state index in [9.17, 15) is 4.79 Å². The molecule has 1 saturated heterocycles. The molecule has 1 unspecified atom stereocenters. The van der Waals surface area contributed by atoms with Crippen molar-refractivity contribution in [2.24, 2.45) is 0 Å². The fourth-order valence-corrected chi connectivity index (χ4v) is 2.77. The van der Waals surface area contributed by atoms with Gasteiger partial charge in [-0.25, -0.2) is 0 Å². The molecule has 114 valence electrons. The van der Waals surface area contributed by atoms with Gasteiger partial charge in [0.1, 0.15) is 11.5 Å². The summed E-state index contributed by atoms with van der Waals surface area (Å²) in [5, 5.41) is 3.42. The molecular formula is C16H22N2O3. The number of nitrogens with zero attached hydrogens (tertiary/aromatic N) is 1. The number of methoxy groups -OCH3 is 2. The van der Waals surface area contributed by atoms with Crippen LogP contribution >= 0.6 is 0 Å². The SMILES string of the molecule is COc1ccc(CN2CCC(NC3CC3)C2=O)c(OC)c1. The first-order valence-corrected chi connectivity index (χ1v) is 7.47. The number of rotatable bonds is 6. The standard InChI is InChI=1S/C16H22N2O3/c1-20-13-6-3-11(15(9-13)21-2)10-18-8-7-14(16(18)19)17-12-4-5-12/h3,6,9,12,14,17H,4-5,7-8,10H2,1-2H3. The van der Waals surface area contributed by atoms with Crippen molar-refractivity contribution in [2.75, 3.05) is 20.8 Å². The van der Waals surface area contributed by atoms with Gasteiger partial charge in [0.25, 0.3) is 0 Å². The minimum absolute atomic E-state index is 0.00161. The van der Waals surface area contributed by atoms with Gasteiger partial charge in [0, 0.05) is 30.8 Å². The van der Waals surface area contributed by atoms with Crippen LogP contribution in [0.4, 0.5) is 0 Å². The Hall–Kier alpha value is -1.75. The Balaban J connectivity index is 1.67. The summed E-state index contributed by atoms with van der Waals surface area (Å²) in [7, 11) is 3.27. The van der Waals surface area contributed by atoms with E-state index in [1.54, 1.807) is 14.2 Å². The van der Waals surface area contributed by atoms with Crippen LogP contribution < -0.4 is 14.8 Å². The first kappa shape index (κ1) is 14.2. The summed E-state index contributed by atoms with van der Waals surface area (Å²) < 4.78 is 10.6. The van der Waals surface area contributed by atoms with Gasteiger partial charge in [0.15, 0.2) is 0 Å². The first-order chi connectivity index (χ1) is 10.2. The van der Waals surface area contributed by atoms with E-state index in [4.69, 9.17) is 9.47 Å². The Kier molecular flexibility index (Phi) is 4.01. The van der Waals surface area contributed by atoms with Gasteiger partial charge >= 0.3 is 0 Å². The number of hydrogen-bond acceptors (Lipinski definition) is 4. The van der Waals surface area contributed by atoms with Crippen molar-refractivity contribution in [2.45, 2.75) is 37.9 Å². The molecule has 0 aromatic heterocycles. The molecule has 5 heteroatoms. The van der Waals surface area contributed by atoms with E-state index in [0.717, 1.165) is 30.0 Å². The maximum atomic E-state index is 12.4. The van der Waals surface area contributed by atoms with E-state index in [1.807, 2.05) is 23.1 Å². The number of hydrogen-bond donors (Lipinski definition) is 1. The molecule has 1 aromatic rings. The van der Waals surface area contributed by atoms with E-state index in [0.29, 0.717) is 12.6 Å². The molecular weight excluding hydrogens is 268 g/mol. The maximum absolute atomic E-state index is 12.4. The highest BCUT2D eigenvalue weighted by atomic mass is 16.5. The topological polar surface area (TPSA) is 50.8 Å². The van der Waals surface area contributed by atoms with Gasteiger partial charge < -0.3 is 19.7 Å². The number of benzene rings is 1. The Bertz CT molecular complexity index is 528. The van der Waals surface area contributed by atoms with Crippen LogP contribution in [0.1, 0.15) is 24.8 Å². The van der Waals surface area contributed by atoms with Crippen molar-refractivity contribution in [3.05, 3.63) is 23.8 Å². The largest absolute Gasteiger partial charge is 0.497 e. The summed E-state index contributed by atoms with van der Waals surface area (Å²) >= 11 is 0. The molecule has 0 radical (unpaired) electrons. The van der Waals surface area contributed by atoms with Crippen molar-refractivity contribution in [1.82, 2.24) is 10.2 Å². The molecule has 1 aliphatic heterocycles. The van der Waals surface area contributed by atoms with Crippen LogP contribution in [0.3, 0.4) is 0 Å². The molecule has 0 bridgehead atoms. The van der Waals surface area contributed by atoms with Crippen LogP contribution in [0.5, 0.6) is 11.5 Å². The monoisotopic (exact) mass is 290 g/mol. The van der Waals surface area contributed by atoms with Gasteiger partial charge in [-0.1, -0.05) is 0 Å². The fraction of sp³-hybridized carbons (Fsp3) is 0.562. The lowest BCUT2D eigenvalue weighted by molar-refractivity contribution is -0.130. The molecule has 1 saturated carbocycles. The molecule has 1 aromatic carbocycles. The third kappa shape index (κ3) is 3.13. The second kappa shape index (κ2) is 5.93. The third-order valence-corrected chi connectivity index (χ3v) is 4.17. The highest BCUT2D eigenvalue weighted by Crippen LogP contribution is 2.28. The highest BCUT2D eigenvalue weighted by Gasteiger charge is 2.35. The average Bonchev–Trinajstić information content (AvgIpc) is 3.27. The molecule has 1 aliphatic carbocycles. The van der Waals surface area contributed by atoms with Gasteiger partial charge in [0.05, 0.1) is 20.3 Å². The van der Waals surface area contributed by atoms with Crippen LogP contribution in [-0.2, 0) is 11.3 Å². The smallest absolute Gasteiger partial charge is 0.240 e. The molecule has 5 nitrogen and oxygen atoms in total. The van der Waals surface area contributed by atoms with Crippen LogP contribution in [0.25, 0.3) is 0 Å². The molecule has 1 heterocycles. The molecule has 1 amide bonds. The summed E-state index contributed by atoms with van der Waals surface area (Å²) in [5.74, 6) is 1.73. The number of carbonyl (C=O) groups excluding carboxylic acids is 1. The molecule has 1 atom stereocenters. The van der Waals surface area contributed by atoms with E-state index in [2.05, 4.69) is 5.32 Å². The van der Waals surface area contributed by atoms with Crippen molar-refractivity contribution >= 4 is 5.91 Å². The molecule has 3 rings (SSSR count). The van der Waals surface area contributed by atoms with E-state index in [1.165, 1.54) is 12.8 Å². The molecule has 2 fully saturated rings. The molecule has 1 N–H and O–H groups in total. The lowest BCUT2D eigenvalue weighted by Gasteiger charge is -2.19. The fourth-order valence-electron chi connectivity index (χ4n) is 2.77. The summed E-state index contributed by atoms with van der Waals surface area (Å²) in [6.45, 7) is 1.40. The van der Waals surface area contributed by atoms with Gasteiger partial charge in [0.2, 0.25) is 5.91 Å². The quantitative estimate of drug-likeness (QED) is 0.864. The van der Waals surface area contributed by atoms with E-state index in [-0.39, 0.29) is 11.9 Å². The molecule has 0 spiro atoms. The summed E-state index contributed by atoms with van der Waals surface area (Å²) in [6.07, 6.45) is 3.31. The number of ether oxygens (including phenoxy) is 2. The van der Waals surface area contributed by atoms with Crippen LogP contribution in [0.2, 0.25) is 0 Å². The minimum atomic E-state index is 0.00161. The van der Waals surface area contributed by atoms with Crippen LogP contribution in [0, 0.1) is 0 Å². The zero-order valence-electron chi connectivity index (χ0n) is 12.6. The third-order valence-electron chi connectivity index (χ3n) is 4.17. The molecule has 21 heavy (non-hydrogen) atoms. The number of carbonyl (C=O) groups is 1. The zero-order chi connectivity index (χ0) is 14.8. The molecule has 2 aliphatic rings. The summed E-state index contributed by atoms with van der Waals surface area (Å²) in [5.41, 5.74) is 1.01. The lowest BCUT2D eigenvalue weighted by atomic mass is 10.1. The van der Waals surface area contributed by atoms with E-state index < -0.39 is 0 Å². The van der Waals surface area contributed by atoms with Gasteiger partial charge in [-0.3, -0.25) is 4.79 Å². The van der Waals surface area contributed by atoms with Crippen molar-refractivity contribution in [3.63, 3.8) is 0 Å². The Morgan fingerprint density at radius 3 is 2.71 bits per heavy atom. The predicted molar refractivity (Wildman–Crippen MR) is 79.5 cm³/mol. The van der Waals surface area contributed by atoms with Crippen molar-refractivity contribution in [3.8, 4) is 11.5 Å². The van der Waals surface area contributed by atoms with Crippen LogP contribution in [-0.4, -0.2) is 43.7 Å². The van der Waals surface area contributed by atoms with Gasteiger partial charge in [-0.15, -0.1) is 0 Å². The second-order valence-corrected chi connectivity index (χ2v) is 5.72. The average molecular weight is 290 g/mol. The van der Waals surface area contributed by atoms with Gasteiger partial charge in [-0.05, 0) is 31.4 Å². The number of nitrogens with one attached hydrogen (secondary N) is 1. The van der Waals surface area contributed by atoms with Crippen molar-refractivity contribution in [1.29, 1.82) is 0 Å². The Labute approximate surface area is 125 Å². The Morgan fingerprint density at radius 1 is 1.24 bits per heavy atom. The van der Waals surface area contributed by atoms with E-state index >= 15 is 0 Å². The number of amides is 1. The maximum Gasteiger partial charge on any atom is 0.240 e. The second-order valence-electron chi connectivity index (χ2n) is 5.72. The lowest BCUT2D eigenvalue weighted by Crippen LogP contribution is -2.39. The Morgan fingerprint density at radius 2 is 2.05 bits per heavy atom. The van der Waals surface area contributed by atoms with Crippen molar-refractivity contribution < 1.29 is 14.3 Å². The summed E-state index contributed by atoms with van der Waals surface area (Å²) in [4.78, 5) is 14.3. The zero-order valence-corrected chi connectivity index (χ0v) is 12.6. The minimum Gasteiger partial charge on any atom is -0.497 e. The summed E-state index contributed by atoms with van der Waals surface area (Å²) in [6, 6.07) is 6.29. The first-order valence-electron chi connectivity index (χ1n) is 7.47. The van der Waals surface area contributed by atoms with Gasteiger partial charge in [-0.2, -0.15) is 0 Å². The van der Waals surface area contributed by atoms with Crippen LogP contribution in [0.15, 0.2) is 18.2 Å². The highest BCUT2D eigenvalue weighted by molar-refractivity contribution is 5.84. The normalized spacial score (nSPS) is 21.7.